The average molecular weight is 474 g/mol. The molecule has 2 aliphatic heterocycles. The third kappa shape index (κ3) is 5.87. The summed E-state index contributed by atoms with van der Waals surface area (Å²) in [7, 11) is 6.62. The quantitative estimate of drug-likeness (QED) is 0.648. The summed E-state index contributed by atoms with van der Waals surface area (Å²) in [4.78, 5) is 29.7. The van der Waals surface area contributed by atoms with Crippen LogP contribution in [0.1, 0.15) is 42.1 Å². The van der Waals surface area contributed by atoms with Gasteiger partial charge in [0.1, 0.15) is 18.5 Å². The molecule has 0 spiro atoms. The molecule has 2 bridgehead atoms. The van der Waals surface area contributed by atoms with Crippen molar-refractivity contribution in [3.8, 4) is 11.8 Å². The van der Waals surface area contributed by atoms with Crippen molar-refractivity contribution in [2.45, 2.75) is 50.6 Å². The van der Waals surface area contributed by atoms with Crippen molar-refractivity contribution in [3.05, 3.63) is 29.3 Å². The van der Waals surface area contributed by atoms with Crippen LogP contribution in [0.2, 0.25) is 0 Å². The number of nitrogens with zero attached hydrogens (tertiary/aromatic N) is 3. The fourth-order valence-electron chi connectivity index (χ4n) is 4.58. The van der Waals surface area contributed by atoms with Gasteiger partial charge in [0.25, 0.3) is 5.91 Å². The molecule has 0 radical (unpaired) electrons. The van der Waals surface area contributed by atoms with Crippen molar-refractivity contribution in [2.24, 2.45) is 5.92 Å². The monoisotopic (exact) mass is 473 g/mol. The van der Waals surface area contributed by atoms with Crippen molar-refractivity contribution in [1.29, 1.82) is 5.26 Å². The zero-order chi connectivity index (χ0) is 24.8. The summed E-state index contributed by atoms with van der Waals surface area (Å²) >= 11 is 0. The molecule has 0 unspecified atom stereocenters. The van der Waals surface area contributed by atoms with Crippen LogP contribution in [0.25, 0.3) is 0 Å². The number of benzene rings is 1. The van der Waals surface area contributed by atoms with Crippen molar-refractivity contribution < 1.29 is 28.5 Å². The highest BCUT2D eigenvalue weighted by Gasteiger charge is 2.34. The molecule has 1 aromatic carbocycles. The van der Waals surface area contributed by atoms with E-state index in [4.69, 9.17) is 18.9 Å². The molecule has 0 N–H and O–H groups in total. The van der Waals surface area contributed by atoms with Crippen molar-refractivity contribution in [3.63, 3.8) is 0 Å². The first-order valence-electron chi connectivity index (χ1n) is 11.7. The van der Waals surface area contributed by atoms with E-state index in [1.807, 2.05) is 6.92 Å². The maximum atomic E-state index is 13.4. The number of amides is 2. The van der Waals surface area contributed by atoms with E-state index in [1.54, 1.807) is 38.2 Å². The lowest BCUT2D eigenvalue weighted by atomic mass is 9.98. The van der Waals surface area contributed by atoms with E-state index in [1.165, 1.54) is 18.1 Å². The number of methoxy groups -OCH3 is 2. The maximum Gasteiger partial charge on any atom is 0.257 e. The van der Waals surface area contributed by atoms with Crippen LogP contribution < -0.4 is 4.74 Å². The van der Waals surface area contributed by atoms with Crippen molar-refractivity contribution in [1.82, 2.24) is 9.80 Å². The number of rotatable bonds is 2. The van der Waals surface area contributed by atoms with Crippen LogP contribution >= 0.6 is 0 Å². The number of hydrogen-bond donors (Lipinski definition) is 0. The minimum absolute atomic E-state index is 0.0233. The fourth-order valence-corrected chi connectivity index (χ4v) is 4.58. The topological polar surface area (TPSA) is 101 Å². The lowest BCUT2D eigenvalue weighted by molar-refractivity contribution is -0.147. The number of nitriles is 1. The van der Waals surface area contributed by atoms with Gasteiger partial charge in [0, 0.05) is 41.4 Å². The third-order valence-corrected chi connectivity index (χ3v) is 6.81. The first-order valence-corrected chi connectivity index (χ1v) is 11.7. The summed E-state index contributed by atoms with van der Waals surface area (Å²) in [5.41, 5.74) is 0.636. The Kier molecular flexibility index (Phi) is 8.89. The van der Waals surface area contributed by atoms with E-state index in [9.17, 15) is 14.9 Å². The molecule has 9 heteroatoms. The standard InChI is InChI=1S/C25H35N3O6/c1-16-22(32-5)14-28(3)25(30)19-12-17(13-26)6-8-20(19)33-15-23-21(31-4)9-7-18(34-23)10-11-27(2)24(16)29/h6,8,12,16,18,21-23H,7,9-11,14-15H2,1-5H3/t16-,18+,21-,22-,23-/m0/s1. The van der Waals surface area contributed by atoms with Gasteiger partial charge in [-0.15, -0.1) is 0 Å². The Bertz CT molecular complexity index is 916. The third-order valence-electron chi connectivity index (χ3n) is 6.81. The highest BCUT2D eigenvalue weighted by Crippen LogP contribution is 2.28. The Morgan fingerprint density at radius 2 is 1.79 bits per heavy atom. The summed E-state index contributed by atoms with van der Waals surface area (Å²) in [6.45, 7) is 2.80. The average Bonchev–Trinajstić information content (AvgIpc) is 2.86. The van der Waals surface area contributed by atoms with Crippen LogP contribution in [0.5, 0.6) is 5.75 Å². The second kappa shape index (κ2) is 11.6. The predicted octanol–water partition coefficient (Wildman–Crippen LogP) is 2.08. The van der Waals surface area contributed by atoms with Gasteiger partial charge in [-0.2, -0.15) is 5.26 Å². The number of hydrogen-bond acceptors (Lipinski definition) is 7. The summed E-state index contributed by atoms with van der Waals surface area (Å²) in [6.07, 6.45) is 1.40. The summed E-state index contributed by atoms with van der Waals surface area (Å²) in [5, 5.41) is 9.36. The Morgan fingerprint density at radius 1 is 1.06 bits per heavy atom. The number of likely N-dealkylation sites (N-methyl/N-ethyl adjacent to an activating group) is 1. The molecule has 0 saturated carbocycles. The van der Waals surface area contributed by atoms with Crippen LogP contribution in [0, 0.1) is 17.2 Å². The van der Waals surface area contributed by atoms with Gasteiger partial charge >= 0.3 is 0 Å². The lowest BCUT2D eigenvalue weighted by Gasteiger charge is -2.37. The molecule has 9 nitrogen and oxygen atoms in total. The molecule has 186 valence electrons. The smallest absolute Gasteiger partial charge is 0.257 e. The first kappa shape index (κ1) is 25.9. The second-order valence-corrected chi connectivity index (χ2v) is 9.08. The van der Waals surface area contributed by atoms with Gasteiger partial charge in [0.05, 0.1) is 41.4 Å². The van der Waals surface area contributed by atoms with Crippen LogP contribution in [0.15, 0.2) is 18.2 Å². The zero-order valence-electron chi connectivity index (χ0n) is 20.7. The first-order chi connectivity index (χ1) is 16.3. The molecule has 2 heterocycles. The number of ether oxygens (including phenoxy) is 4. The van der Waals surface area contributed by atoms with Crippen molar-refractivity contribution >= 4 is 11.8 Å². The molecule has 0 aromatic heterocycles. The van der Waals surface area contributed by atoms with E-state index in [-0.39, 0.29) is 48.8 Å². The van der Waals surface area contributed by atoms with E-state index < -0.39 is 12.0 Å². The highest BCUT2D eigenvalue weighted by molar-refractivity contribution is 5.97. The minimum Gasteiger partial charge on any atom is -0.490 e. The minimum atomic E-state index is -0.488. The largest absolute Gasteiger partial charge is 0.490 e. The van der Waals surface area contributed by atoms with Gasteiger partial charge in [-0.3, -0.25) is 9.59 Å². The van der Waals surface area contributed by atoms with E-state index in [0.29, 0.717) is 24.3 Å². The molecule has 34 heavy (non-hydrogen) atoms. The van der Waals surface area contributed by atoms with Crippen molar-refractivity contribution in [2.75, 3.05) is 48.0 Å². The Hall–Kier alpha value is -2.67. The van der Waals surface area contributed by atoms with E-state index >= 15 is 0 Å². The molecule has 0 aliphatic carbocycles. The van der Waals surface area contributed by atoms with Gasteiger partial charge in [-0.1, -0.05) is 6.92 Å². The van der Waals surface area contributed by atoms with Gasteiger partial charge in [-0.25, -0.2) is 0 Å². The zero-order valence-corrected chi connectivity index (χ0v) is 20.7. The van der Waals surface area contributed by atoms with Crippen LogP contribution in [-0.2, 0) is 19.0 Å². The van der Waals surface area contributed by atoms with Gasteiger partial charge in [0.2, 0.25) is 5.91 Å². The normalized spacial score (nSPS) is 29.2. The molecule has 5 atom stereocenters. The van der Waals surface area contributed by atoms with E-state index in [0.717, 1.165) is 12.8 Å². The number of fused-ring (bicyclic) bond motifs is 3. The fraction of sp³-hybridized carbons (Fsp3) is 0.640. The Morgan fingerprint density at radius 3 is 2.47 bits per heavy atom. The molecular weight excluding hydrogens is 438 g/mol. The van der Waals surface area contributed by atoms with Crippen LogP contribution in [0.4, 0.5) is 0 Å². The molecule has 3 rings (SSSR count). The molecule has 1 fully saturated rings. The summed E-state index contributed by atoms with van der Waals surface area (Å²) in [6, 6.07) is 6.86. The second-order valence-electron chi connectivity index (χ2n) is 9.08. The Balaban J connectivity index is 1.96. The maximum absolute atomic E-state index is 13.4. The summed E-state index contributed by atoms with van der Waals surface area (Å²) < 4.78 is 23.6. The van der Waals surface area contributed by atoms with Gasteiger partial charge in [0.15, 0.2) is 0 Å². The number of carbonyl (C=O) groups excluding carboxylic acids is 2. The SMILES string of the molecule is CO[C@H]1CC[C@@H]2CCN(C)C(=O)[C@@H](C)[C@@H](OC)CN(C)C(=O)c3cc(C#N)ccc3OC[C@@H]1O2. The van der Waals surface area contributed by atoms with Gasteiger partial charge < -0.3 is 28.7 Å². The van der Waals surface area contributed by atoms with Crippen LogP contribution in [0.3, 0.4) is 0 Å². The lowest BCUT2D eigenvalue weighted by Crippen LogP contribution is -2.47. The highest BCUT2D eigenvalue weighted by atomic mass is 16.6. The molecule has 1 saturated heterocycles. The molecule has 2 aliphatic rings. The number of carbonyl (C=O) groups is 2. The molecular formula is C25H35N3O6. The van der Waals surface area contributed by atoms with Gasteiger partial charge in [-0.05, 0) is 37.5 Å². The molecule has 2 amide bonds. The molecule has 1 aromatic rings. The van der Waals surface area contributed by atoms with Crippen LogP contribution in [-0.4, -0.2) is 94.0 Å². The summed E-state index contributed by atoms with van der Waals surface area (Å²) in [5.74, 6) is -0.434. The Labute approximate surface area is 201 Å². The predicted molar refractivity (Wildman–Crippen MR) is 125 cm³/mol. The van der Waals surface area contributed by atoms with E-state index in [2.05, 4.69) is 6.07 Å².